The summed E-state index contributed by atoms with van der Waals surface area (Å²) in [5, 5.41) is 4.21. The number of carbonyl (C=O) groups excluding carboxylic acids is 2. The number of hydrogen-bond acceptors (Lipinski definition) is 5. The minimum Gasteiger partial charge on any atom is -0.339 e. The Bertz CT molecular complexity index is 1150. The summed E-state index contributed by atoms with van der Waals surface area (Å²) in [4.78, 5) is 36.5. The molecule has 4 rings (SSSR count). The third kappa shape index (κ3) is 5.00. The van der Waals surface area contributed by atoms with E-state index in [1.54, 1.807) is 53.3 Å². The maximum atomic E-state index is 12.8. The molecule has 3 aromatic rings. The minimum atomic E-state index is -0.0459. The second-order valence-electron chi connectivity index (χ2n) is 7.39. The number of nitrogens with zero attached hydrogens (tertiary/aromatic N) is 4. The lowest BCUT2D eigenvalue weighted by atomic mass is 10.1. The quantitative estimate of drug-likeness (QED) is 0.608. The molecule has 1 aromatic heterocycles. The van der Waals surface area contributed by atoms with E-state index in [1.807, 2.05) is 18.2 Å². The van der Waals surface area contributed by atoms with Gasteiger partial charge in [0.1, 0.15) is 0 Å². The lowest BCUT2D eigenvalue weighted by Gasteiger charge is -2.34. The van der Waals surface area contributed by atoms with Crippen LogP contribution < -0.4 is 5.32 Å². The predicted molar refractivity (Wildman–Crippen MR) is 125 cm³/mol. The van der Waals surface area contributed by atoms with Gasteiger partial charge in [-0.1, -0.05) is 23.2 Å². The number of nitrogens with one attached hydrogen (secondary N) is 1. The van der Waals surface area contributed by atoms with Crippen LogP contribution in [0, 0.1) is 0 Å². The second kappa shape index (κ2) is 9.54. The van der Waals surface area contributed by atoms with Crippen LogP contribution in [-0.2, 0) is 4.79 Å². The van der Waals surface area contributed by atoms with E-state index >= 15 is 0 Å². The highest BCUT2D eigenvalue weighted by atomic mass is 35.5. The van der Waals surface area contributed by atoms with Crippen LogP contribution in [-0.4, -0.2) is 57.8 Å². The van der Waals surface area contributed by atoms with Crippen LogP contribution in [0.3, 0.4) is 0 Å². The zero-order valence-corrected chi connectivity index (χ0v) is 18.9. The number of benzene rings is 2. The van der Waals surface area contributed by atoms with Crippen LogP contribution in [0.5, 0.6) is 0 Å². The van der Waals surface area contributed by atoms with Crippen LogP contribution >= 0.6 is 23.2 Å². The average molecular weight is 470 g/mol. The minimum absolute atomic E-state index is 0.0390. The van der Waals surface area contributed by atoms with E-state index < -0.39 is 0 Å². The Labute approximate surface area is 196 Å². The first-order valence-electron chi connectivity index (χ1n) is 10.1. The number of carbonyl (C=O) groups is 2. The van der Waals surface area contributed by atoms with E-state index in [9.17, 15) is 9.59 Å². The standard InChI is InChI=1S/C23H21Cl2N5O2/c1-15(31)29-10-12-30(13-11-29)22(32)16-2-5-18(6-3-16)27-23-26-9-8-21(28-23)19-7-4-17(24)14-20(19)25/h2-9,14H,10-13H2,1H3,(H,26,27,28). The Kier molecular flexibility index (Phi) is 6.58. The van der Waals surface area contributed by atoms with Crippen molar-refractivity contribution in [3.8, 4) is 11.3 Å². The summed E-state index contributed by atoms with van der Waals surface area (Å²) in [7, 11) is 0. The number of hydrogen-bond donors (Lipinski definition) is 1. The molecule has 0 atom stereocenters. The SMILES string of the molecule is CC(=O)N1CCN(C(=O)c2ccc(Nc3nccc(-c4ccc(Cl)cc4Cl)n3)cc2)CC1. The summed E-state index contributed by atoms with van der Waals surface area (Å²) < 4.78 is 0. The monoisotopic (exact) mass is 469 g/mol. The fraction of sp³-hybridized carbons (Fsp3) is 0.217. The molecule has 0 aliphatic carbocycles. The van der Waals surface area contributed by atoms with Crippen LogP contribution in [0.2, 0.25) is 10.0 Å². The molecular weight excluding hydrogens is 449 g/mol. The van der Waals surface area contributed by atoms with E-state index in [1.165, 1.54) is 0 Å². The van der Waals surface area contributed by atoms with Crippen LogP contribution in [0.25, 0.3) is 11.3 Å². The van der Waals surface area contributed by atoms with Crippen molar-refractivity contribution in [3.05, 3.63) is 70.3 Å². The Morgan fingerprint density at radius 1 is 0.938 bits per heavy atom. The molecule has 1 aliphatic rings. The molecule has 7 nitrogen and oxygen atoms in total. The molecule has 1 fully saturated rings. The zero-order chi connectivity index (χ0) is 22.7. The van der Waals surface area contributed by atoms with E-state index in [0.29, 0.717) is 53.4 Å². The lowest BCUT2D eigenvalue weighted by molar-refractivity contribution is -0.130. The van der Waals surface area contributed by atoms with Gasteiger partial charge in [0.2, 0.25) is 11.9 Å². The third-order valence-electron chi connectivity index (χ3n) is 5.26. The molecule has 1 aliphatic heterocycles. The number of anilines is 2. The topological polar surface area (TPSA) is 78.4 Å². The average Bonchev–Trinajstić information content (AvgIpc) is 2.79. The second-order valence-corrected chi connectivity index (χ2v) is 8.23. The van der Waals surface area contributed by atoms with Crippen molar-refractivity contribution in [1.29, 1.82) is 0 Å². The van der Waals surface area contributed by atoms with Gasteiger partial charge in [-0.25, -0.2) is 9.97 Å². The van der Waals surface area contributed by atoms with Crippen LogP contribution in [0.15, 0.2) is 54.7 Å². The number of piperazine rings is 1. The van der Waals surface area contributed by atoms with Crippen molar-refractivity contribution in [3.63, 3.8) is 0 Å². The molecule has 1 saturated heterocycles. The van der Waals surface area contributed by atoms with Gasteiger partial charge in [-0.2, -0.15) is 0 Å². The highest BCUT2D eigenvalue weighted by molar-refractivity contribution is 6.36. The van der Waals surface area contributed by atoms with Crippen molar-refractivity contribution >= 4 is 46.7 Å². The predicted octanol–water partition coefficient (Wildman–Crippen LogP) is 4.50. The van der Waals surface area contributed by atoms with Gasteiger partial charge >= 0.3 is 0 Å². The van der Waals surface area contributed by atoms with E-state index in [2.05, 4.69) is 15.3 Å². The molecule has 9 heteroatoms. The molecule has 0 saturated carbocycles. The molecule has 164 valence electrons. The van der Waals surface area contributed by atoms with Crippen molar-refractivity contribution in [2.24, 2.45) is 0 Å². The van der Waals surface area contributed by atoms with Gasteiger partial charge in [0, 0.05) is 61.1 Å². The first-order chi connectivity index (χ1) is 15.4. The molecule has 2 amide bonds. The highest BCUT2D eigenvalue weighted by Crippen LogP contribution is 2.29. The van der Waals surface area contributed by atoms with Gasteiger partial charge in [0.05, 0.1) is 10.7 Å². The van der Waals surface area contributed by atoms with Crippen molar-refractivity contribution in [2.75, 3.05) is 31.5 Å². The molecule has 0 bridgehead atoms. The van der Waals surface area contributed by atoms with Gasteiger partial charge in [0.25, 0.3) is 5.91 Å². The maximum Gasteiger partial charge on any atom is 0.253 e. The Hall–Kier alpha value is -3.16. The van der Waals surface area contributed by atoms with Gasteiger partial charge in [-0.3, -0.25) is 9.59 Å². The first kappa shape index (κ1) is 22.0. The number of aromatic nitrogens is 2. The normalized spacial score (nSPS) is 13.7. The van der Waals surface area contributed by atoms with Crippen molar-refractivity contribution in [1.82, 2.24) is 19.8 Å². The van der Waals surface area contributed by atoms with E-state index in [4.69, 9.17) is 23.2 Å². The number of halogens is 2. The fourth-order valence-electron chi connectivity index (χ4n) is 3.50. The van der Waals surface area contributed by atoms with Gasteiger partial charge < -0.3 is 15.1 Å². The van der Waals surface area contributed by atoms with E-state index in [0.717, 1.165) is 11.3 Å². The molecule has 0 spiro atoms. The highest BCUT2D eigenvalue weighted by Gasteiger charge is 2.23. The molecule has 0 unspecified atom stereocenters. The zero-order valence-electron chi connectivity index (χ0n) is 17.4. The molecule has 2 aromatic carbocycles. The van der Waals surface area contributed by atoms with Gasteiger partial charge in [-0.05, 0) is 48.5 Å². The molecular formula is C23H21Cl2N5O2. The molecule has 2 heterocycles. The lowest BCUT2D eigenvalue weighted by Crippen LogP contribution is -2.50. The molecule has 0 radical (unpaired) electrons. The van der Waals surface area contributed by atoms with Crippen LogP contribution in [0.4, 0.5) is 11.6 Å². The summed E-state index contributed by atoms with van der Waals surface area (Å²) >= 11 is 12.3. The van der Waals surface area contributed by atoms with Crippen molar-refractivity contribution < 1.29 is 9.59 Å². The van der Waals surface area contributed by atoms with Crippen LogP contribution in [0.1, 0.15) is 17.3 Å². The summed E-state index contributed by atoms with van der Waals surface area (Å²) in [6, 6.07) is 14.2. The van der Waals surface area contributed by atoms with Gasteiger partial charge in [0.15, 0.2) is 0 Å². The summed E-state index contributed by atoms with van der Waals surface area (Å²) in [5.41, 5.74) is 2.77. The Morgan fingerprint density at radius 2 is 1.62 bits per heavy atom. The summed E-state index contributed by atoms with van der Waals surface area (Å²) in [6.07, 6.45) is 1.65. The fourth-order valence-corrected chi connectivity index (χ4v) is 4.00. The smallest absolute Gasteiger partial charge is 0.253 e. The summed E-state index contributed by atoms with van der Waals surface area (Å²) in [5.74, 6) is 0.403. The Morgan fingerprint density at radius 3 is 2.28 bits per heavy atom. The largest absolute Gasteiger partial charge is 0.339 e. The van der Waals surface area contributed by atoms with Gasteiger partial charge in [-0.15, -0.1) is 0 Å². The first-order valence-corrected chi connectivity index (χ1v) is 10.9. The number of amides is 2. The third-order valence-corrected chi connectivity index (χ3v) is 5.81. The molecule has 32 heavy (non-hydrogen) atoms. The van der Waals surface area contributed by atoms with Crippen molar-refractivity contribution in [2.45, 2.75) is 6.92 Å². The molecule has 1 N–H and O–H groups in total. The summed E-state index contributed by atoms with van der Waals surface area (Å²) in [6.45, 7) is 3.74. The number of rotatable bonds is 4. The maximum absolute atomic E-state index is 12.8. The Balaban J connectivity index is 1.43. The van der Waals surface area contributed by atoms with E-state index in [-0.39, 0.29) is 11.8 Å².